The Morgan fingerprint density at radius 1 is 1.12 bits per heavy atom. The van der Waals surface area contributed by atoms with Gasteiger partial charge in [-0.25, -0.2) is 4.98 Å². The lowest BCUT2D eigenvalue weighted by atomic mass is 10.0. The van der Waals surface area contributed by atoms with Crippen molar-refractivity contribution in [1.82, 2.24) is 19.9 Å². The first-order valence-corrected chi connectivity index (χ1v) is 10.8. The van der Waals surface area contributed by atoms with Gasteiger partial charge < -0.3 is 15.7 Å². The van der Waals surface area contributed by atoms with Crippen molar-refractivity contribution < 1.29 is 9.90 Å². The summed E-state index contributed by atoms with van der Waals surface area (Å²) in [6.07, 6.45) is 2.67. The molecule has 3 N–H and O–H groups in total. The molecule has 0 saturated heterocycles. The number of nitrogens with zero attached hydrogens (tertiary/aromatic N) is 3. The Morgan fingerprint density at radius 3 is 2.72 bits per heavy atom. The highest BCUT2D eigenvalue weighted by Crippen LogP contribution is 2.47. The van der Waals surface area contributed by atoms with E-state index in [1.54, 1.807) is 22.8 Å². The summed E-state index contributed by atoms with van der Waals surface area (Å²) >= 11 is 0. The summed E-state index contributed by atoms with van der Waals surface area (Å²) < 4.78 is 1.74. The number of amides is 1. The Kier molecular flexibility index (Phi) is 5.27. The van der Waals surface area contributed by atoms with Crippen molar-refractivity contribution in [2.75, 3.05) is 18.4 Å². The molecule has 5 rings (SSSR count). The molecule has 4 aromatic rings. The van der Waals surface area contributed by atoms with Crippen LogP contribution < -0.4 is 16.1 Å². The first-order chi connectivity index (χ1) is 15.6. The van der Waals surface area contributed by atoms with Gasteiger partial charge in [0.05, 0.1) is 5.69 Å². The van der Waals surface area contributed by atoms with E-state index in [2.05, 4.69) is 32.8 Å². The van der Waals surface area contributed by atoms with E-state index in [1.165, 1.54) is 5.56 Å². The van der Waals surface area contributed by atoms with E-state index >= 15 is 0 Å². The zero-order chi connectivity index (χ0) is 22.1. The second-order valence-electron chi connectivity index (χ2n) is 8.18. The average molecular weight is 425 g/mol. The molecule has 1 aliphatic rings. The van der Waals surface area contributed by atoms with E-state index in [9.17, 15) is 9.90 Å². The smallest absolute Gasteiger partial charge is 0.223 e. The topological polar surface area (TPSA) is 91.5 Å². The predicted molar refractivity (Wildman–Crippen MR) is 127 cm³/mol. The number of benzene rings is 2. The number of aromatic hydroxyl groups is 1. The van der Waals surface area contributed by atoms with Crippen molar-refractivity contribution in [3.05, 3.63) is 72.4 Å². The van der Waals surface area contributed by atoms with E-state index in [0.29, 0.717) is 30.3 Å². The Balaban J connectivity index is 1.25. The number of carbonyl (C=O) groups excluding carboxylic acids is 1. The molecule has 0 bridgehead atoms. The number of para-hydroxylation sites is 1. The monoisotopic (exact) mass is 425 g/mol. The van der Waals surface area contributed by atoms with Gasteiger partial charge in [-0.2, -0.15) is 9.61 Å². The van der Waals surface area contributed by atoms with Crippen LogP contribution >= 0.6 is 0 Å². The number of phenols is 1. The number of rotatable bonds is 7. The van der Waals surface area contributed by atoms with Crippen LogP contribution in [-0.2, 0) is 4.79 Å². The maximum absolute atomic E-state index is 12.5. The summed E-state index contributed by atoms with van der Waals surface area (Å²) in [5.41, 5.74) is 4.22. The van der Waals surface area contributed by atoms with Crippen molar-refractivity contribution in [2.45, 2.75) is 12.3 Å². The van der Waals surface area contributed by atoms with E-state index in [1.807, 2.05) is 44.2 Å². The van der Waals surface area contributed by atoms with Crippen LogP contribution in [0.3, 0.4) is 0 Å². The van der Waals surface area contributed by atoms with Crippen LogP contribution in [0, 0.1) is 5.92 Å². The molecule has 8 heteroatoms. The van der Waals surface area contributed by atoms with Crippen LogP contribution in [-0.4, -0.2) is 46.5 Å². The van der Waals surface area contributed by atoms with Crippen molar-refractivity contribution >= 4 is 30.7 Å². The quantitative estimate of drug-likeness (QED) is 0.310. The molecule has 2 aromatic heterocycles. The highest BCUT2D eigenvalue weighted by Gasteiger charge is 2.43. The highest BCUT2D eigenvalue weighted by atomic mass is 16.3. The Hall–Kier alpha value is -3.81. The normalized spacial score (nSPS) is 17.2. The first-order valence-electron chi connectivity index (χ1n) is 10.8. The van der Waals surface area contributed by atoms with Gasteiger partial charge >= 0.3 is 0 Å². The van der Waals surface area contributed by atoms with Gasteiger partial charge in [0.1, 0.15) is 19.4 Å². The lowest BCUT2D eigenvalue weighted by molar-refractivity contribution is -0.122. The second kappa shape index (κ2) is 8.38. The fourth-order valence-electron chi connectivity index (χ4n) is 4.09. The van der Waals surface area contributed by atoms with E-state index < -0.39 is 0 Å². The minimum Gasteiger partial charge on any atom is -0.507 e. The van der Waals surface area contributed by atoms with Crippen LogP contribution in [0.4, 0.5) is 5.82 Å². The number of hydrogen-bond acceptors (Lipinski definition) is 5. The van der Waals surface area contributed by atoms with Crippen LogP contribution in [0.2, 0.25) is 0 Å². The van der Waals surface area contributed by atoms with Crippen LogP contribution in [0.1, 0.15) is 17.9 Å². The van der Waals surface area contributed by atoms with Crippen molar-refractivity contribution in [2.24, 2.45) is 5.92 Å². The standard InChI is InChI=1S/C24H24BN5O2/c25-19-14-28-30-22(13-20(29-23(19)30)16-8-4-5-9-21(16)31)26-10-11-27-24(32)18-12-17(18)15-6-2-1-3-7-15/h1-9,13-14,17-18,26,31H,10-12,25H2,(H,27,32)/t17-,18+/m0/s1. The Morgan fingerprint density at radius 2 is 1.91 bits per heavy atom. The fourth-order valence-corrected chi connectivity index (χ4v) is 4.09. The maximum atomic E-state index is 12.5. The van der Waals surface area contributed by atoms with Gasteiger partial charge in [0.2, 0.25) is 5.91 Å². The lowest BCUT2D eigenvalue weighted by Gasteiger charge is -2.12. The summed E-state index contributed by atoms with van der Waals surface area (Å²) in [5, 5.41) is 21.1. The van der Waals surface area contributed by atoms with E-state index in [-0.39, 0.29) is 17.6 Å². The Bertz CT molecular complexity index is 1270. The molecule has 1 saturated carbocycles. The molecule has 0 spiro atoms. The minimum absolute atomic E-state index is 0.0615. The lowest BCUT2D eigenvalue weighted by Crippen LogP contribution is -2.30. The zero-order valence-electron chi connectivity index (χ0n) is 17.8. The van der Waals surface area contributed by atoms with Crippen LogP contribution in [0.25, 0.3) is 16.9 Å². The summed E-state index contributed by atoms with van der Waals surface area (Å²) in [7, 11) is 1.95. The third-order valence-electron chi connectivity index (χ3n) is 5.91. The van der Waals surface area contributed by atoms with E-state index in [4.69, 9.17) is 0 Å². The molecule has 0 aliphatic heterocycles. The molecular weight excluding hydrogens is 401 g/mol. The van der Waals surface area contributed by atoms with Gasteiger partial charge in [0.25, 0.3) is 0 Å². The minimum atomic E-state index is 0.0615. The summed E-state index contributed by atoms with van der Waals surface area (Å²) in [4.78, 5) is 17.2. The van der Waals surface area contributed by atoms with Gasteiger partial charge in [-0.3, -0.25) is 4.79 Å². The van der Waals surface area contributed by atoms with Crippen LogP contribution in [0.15, 0.2) is 66.9 Å². The number of fused-ring (bicyclic) bond motifs is 1. The highest BCUT2D eigenvalue weighted by molar-refractivity contribution is 6.36. The molecule has 1 fully saturated rings. The average Bonchev–Trinajstić information content (AvgIpc) is 3.54. The molecule has 160 valence electrons. The van der Waals surface area contributed by atoms with Gasteiger partial charge in [-0.15, -0.1) is 0 Å². The molecule has 2 atom stereocenters. The molecule has 0 unspecified atom stereocenters. The third kappa shape index (κ3) is 3.91. The van der Waals surface area contributed by atoms with Crippen molar-refractivity contribution in [1.29, 1.82) is 0 Å². The number of hydrogen-bond donors (Lipinski definition) is 3. The molecular formula is C24H24BN5O2. The number of nitrogens with one attached hydrogen (secondary N) is 2. The zero-order valence-corrected chi connectivity index (χ0v) is 17.8. The van der Waals surface area contributed by atoms with Crippen LogP contribution in [0.5, 0.6) is 5.75 Å². The largest absolute Gasteiger partial charge is 0.507 e. The molecule has 2 aromatic carbocycles. The molecule has 0 radical (unpaired) electrons. The molecule has 1 amide bonds. The van der Waals surface area contributed by atoms with Gasteiger partial charge in [-0.05, 0) is 35.5 Å². The predicted octanol–water partition coefficient (Wildman–Crippen LogP) is 1.69. The molecule has 32 heavy (non-hydrogen) atoms. The summed E-state index contributed by atoms with van der Waals surface area (Å²) in [6, 6.07) is 19.2. The summed E-state index contributed by atoms with van der Waals surface area (Å²) in [5.74, 6) is 1.43. The number of aromatic nitrogens is 3. The maximum Gasteiger partial charge on any atom is 0.223 e. The number of carbonyl (C=O) groups is 1. The van der Waals surface area contributed by atoms with Gasteiger partial charge in [0, 0.05) is 36.8 Å². The fraction of sp³-hybridized carbons (Fsp3) is 0.208. The SMILES string of the molecule is Bc1cnn2c(NCCNC(=O)[C@@H]3C[C@H]3c3ccccc3)cc(-c3ccccc3O)nc12. The molecule has 7 nitrogen and oxygen atoms in total. The number of anilines is 1. The molecule has 1 aliphatic carbocycles. The van der Waals surface area contributed by atoms with Gasteiger partial charge in [0.15, 0.2) is 5.65 Å². The van der Waals surface area contributed by atoms with Crippen molar-refractivity contribution in [3.63, 3.8) is 0 Å². The van der Waals surface area contributed by atoms with E-state index in [0.717, 1.165) is 23.3 Å². The summed E-state index contributed by atoms with van der Waals surface area (Å²) in [6.45, 7) is 1.06. The molecule has 2 heterocycles. The van der Waals surface area contributed by atoms with Crippen molar-refractivity contribution in [3.8, 4) is 17.0 Å². The Labute approximate surface area is 186 Å². The second-order valence-corrected chi connectivity index (χ2v) is 8.18. The van der Waals surface area contributed by atoms with Gasteiger partial charge in [-0.1, -0.05) is 42.5 Å². The first kappa shape index (κ1) is 20.1. The third-order valence-corrected chi connectivity index (χ3v) is 5.91. The number of phenolic OH excluding ortho intramolecular Hbond substituents is 1.